The van der Waals surface area contributed by atoms with Gasteiger partial charge in [0.25, 0.3) is 11.8 Å². The molecule has 0 atom stereocenters. The van der Waals surface area contributed by atoms with Crippen molar-refractivity contribution in [2.24, 2.45) is 0 Å². The molecule has 188 valence electrons. The number of thiocarbonyl (C=S) groups is 1. The average molecular weight is 525 g/mol. The van der Waals surface area contributed by atoms with Gasteiger partial charge in [-0.15, -0.1) is 0 Å². The standard InChI is InChI=1S/C25H19F3N6O2S/c1-24(2)22(36)33(15-8-7-14(12-29)17(11-15)25(26,27)28)23(37)34(24)16-9-10-20(31-13-16)21(35)32-19-6-4-3-5-18(19)30/h3-11,13H,30H2,1-2H3,(H,32,35). The summed E-state index contributed by atoms with van der Waals surface area (Å²) in [4.78, 5) is 32.5. The third kappa shape index (κ3) is 4.56. The van der Waals surface area contributed by atoms with Gasteiger partial charge >= 0.3 is 6.18 Å². The molecule has 1 aliphatic heterocycles. The van der Waals surface area contributed by atoms with Gasteiger partial charge in [0, 0.05) is 0 Å². The Hall–Kier alpha value is -4.50. The largest absolute Gasteiger partial charge is 0.417 e. The lowest BCUT2D eigenvalue weighted by Gasteiger charge is -2.29. The maximum atomic E-state index is 13.5. The Morgan fingerprint density at radius 3 is 2.41 bits per heavy atom. The molecule has 0 unspecified atom stereocenters. The van der Waals surface area contributed by atoms with Crippen LogP contribution >= 0.6 is 12.2 Å². The molecule has 3 N–H and O–H groups in total. The number of hydrogen-bond donors (Lipinski definition) is 2. The van der Waals surface area contributed by atoms with Crippen LogP contribution in [0.2, 0.25) is 0 Å². The van der Waals surface area contributed by atoms with Gasteiger partial charge in [-0.3, -0.25) is 14.5 Å². The monoisotopic (exact) mass is 524 g/mol. The number of carbonyl (C=O) groups is 2. The summed E-state index contributed by atoms with van der Waals surface area (Å²) < 4.78 is 40.5. The normalized spacial score (nSPS) is 15.0. The number of anilines is 4. The topological polar surface area (TPSA) is 115 Å². The number of amides is 2. The summed E-state index contributed by atoms with van der Waals surface area (Å²) in [5.74, 6) is -1.08. The molecular formula is C25H19F3N6O2S. The molecule has 2 heterocycles. The summed E-state index contributed by atoms with van der Waals surface area (Å²) in [5, 5.41) is 11.6. The predicted molar refractivity (Wildman–Crippen MR) is 136 cm³/mol. The fourth-order valence-electron chi connectivity index (χ4n) is 3.91. The summed E-state index contributed by atoms with van der Waals surface area (Å²) in [6, 6.07) is 14.1. The number of para-hydroxylation sites is 2. The van der Waals surface area contributed by atoms with E-state index in [0.717, 1.165) is 17.0 Å². The van der Waals surface area contributed by atoms with E-state index in [0.29, 0.717) is 17.1 Å². The highest BCUT2D eigenvalue weighted by atomic mass is 32.1. The molecule has 3 aromatic rings. The van der Waals surface area contributed by atoms with E-state index in [1.807, 2.05) is 0 Å². The van der Waals surface area contributed by atoms with Crippen LogP contribution in [0.25, 0.3) is 0 Å². The molecular weight excluding hydrogens is 505 g/mol. The summed E-state index contributed by atoms with van der Waals surface area (Å²) in [7, 11) is 0. The maximum absolute atomic E-state index is 13.5. The highest BCUT2D eigenvalue weighted by Gasteiger charge is 2.50. The highest BCUT2D eigenvalue weighted by molar-refractivity contribution is 7.81. The van der Waals surface area contributed by atoms with Crippen molar-refractivity contribution >= 4 is 51.9 Å². The molecule has 12 heteroatoms. The van der Waals surface area contributed by atoms with Crippen LogP contribution < -0.4 is 20.9 Å². The first-order chi connectivity index (χ1) is 17.4. The molecule has 4 rings (SSSR count). The highest BCUT2D eigenvalue weighted by Crippen LogP contribution is 2.39. The molecule has 8 nitrogen and oxygen atoms in total. The quantitative estimate of drug-likeness (QED) is 0.375. The molecule has 2 aromatic carbocycles. The van der Waals surface area contributed by atoms with Crippen LogP contribution in [0.4, 0.5) is 35.9 Å². The number of rotatable bonds is 4. The smallest absolute Gasteiger partial charge is 0.397 e. The number of pyridine rings is 1. The molecule has 0 spiro atoms. The SMILES string of the molecule is CC1(C)C(=O)N(c2ccc(C#N)c(C(F)(F)F)c2)C(=S)N1c1ccc(C(=O)Nc2ccccc2N)nc1. The van der Waals surface area contributed by atoms with Gasteiger partial charge in [0.15, 0.2) is 5.11 Å². The molecule has 0 aliphatic carbocycles. The number of nitrogens with two attached hydrogens (primary N) is 1. The van der Waals surface area contributed by atoms with Crippen molar-refractivity contribution in [3.05, 3.63) is 77.6 Å². The number of nitrogen functional groups attached to an aromatic ring is 1. The van der Waals surface area contributed by atoms with Gasteiger partial charge in [-0.2, -0.15) is 18.4 Å². The Morgan fingerprint density at radius 1 is 1.14 bits per heavy atom. The fraction of sp³-hybridized carbons (Fsp3) is 0.160. The minimum Gasteiger partial charge on any atom is -0.397 e. The third-order valence-electron chi connectivity index (χ3n) is 5.80. The van der Waals surface area contributed by atoms with Crippen LogP contribution in [0, 0.1) is 11.3 Å². The molecule has 1 fully saturated rings. The van der Waals surface area contributed by atoms with Crippen molar-refractivity contribution in [2.45, 2.75) is 25.6 Å². The van der Waals surface area contributed by atoms with Gasteiger partial charge in [0.1, 0.15) is 11.2 Å². The summed E-state index contributed by atoms with van der Waals surface area (Å²) in [6.07, 6.45) is -3.46. The van der Waals surface area contributed by atoms with Gasteiger partial charge < -0.3 is 16.0 Å². The predicted octanol–water partition coefficient (Wildman–Crippen LogP) is 4.72. The zero-order chi connectivity index (χ0) is 27.1. The van der Waals surface area contributed by atoms with E-state index in [9.17, 15) is 22.8 Å². The Bertz CT molecular complexity index is 1460. The first-order valence-electron chi connectivity index (χ1n) is 10.8. The minimum atomic E-state index is -4.80. The lowest BCUT2D eigenvalue weighted by Crippen LogP contribution is -2.44. The zero-order valence-electron chi connectivity index (χ0n) is 19.5. The van der Waals surface area contributed by atoms with Crippen molar-refractivity contribution in [3.8, 4) is 6.07 Å². The number of nitrogens with one attached hydrogen (secondary N) is 1. The Labute approximate surface area is 215 Å². The molecule has 0 bridgehead atoms. The molecule has 1 aromatic heterocycles. The number of aromatic nitrogens is 1. The van der Waals surface area contributed by atoms with Crippen LogP contribution in [0.1, 0.15) is 35.5 Å². The first kappa shape index (κ1) is 25.6. The van der Waals surface area contributed by atoms with Crippen LogP contribution in [0.5, 0.6) is 0 Å². The van der Waals surface area contributed by atoms with Crippen molar-refractivity contribution < 1.29 is 22.8 Å². The zero-order valence-corrected chi connectivity index (χ0v) is 20.3. The first-order valence-corrected chi connectivity index (χ1v) is 11.2. The summed E-state index contributed by atoms with van der Waals surface area (Å²) in [6.45, 7) is 3.13. The average Bonchev–Trinajstić information content (AvgIpc) is 3.03. The second-order valence-electron chi connectivity index (χ2n) is 8.60. The fourth-order valence-corrected chi connectivity index (χ4v) is 4.43. The Balaban J connectivity index is 1.64. The number of alkyl halides is 3. The maximum Gasteiger partial charge on any atom is 0.417 e. The van der Waals surface area contributed by atoms with Crippen molar-refractivity contribution in [1.29, 1.82) is 5.26 Å². The van der Waals surface area contributed by atoms with Crippen molar-refractivity contribution in [3.63, 3.8) is 0 Å². The number of halogens is 3. The van der Waals surface area contributed by atoms with Crippen LogP contribution in [0.3, 0.4) is 0 Å². The lowest BCUT2D eigenvalue weighted by atomic mass is 10.0. The number of carbonyl (C=O) groups excluding carboxylic acids is 2. The summed E-state index contributed by atoms with van der Waals surface area (Å²) >= 11 is 5.50. The lowest BCUT2D eigenvalue weighted by molar-refractivity contribution is -0.137. The van der Waals surface area contributed by atoms with Gasteiger partial charge in [-0.1, -0.05) is 12.1 Å². The van der Waals surface area contributed by atoms with Crippen LogP contribution in [-0.4, -0.2) is 27.4 Å². The molecule has 2 amide bonds. The van der Waals surface area contributed by atoms with Gasteiger partial charge in [0.2, 0.25) is 0 Å². The van der Waals surface area contributed by atoms with E-state index < -0.39 is 34.7 Å². The van der Waals surface area contributed by atoms with Gasteiger partial charge in [0.05, 0.1) is 46.1 Å². The number of nitrogens with zero attached hydrogens (tertiary/aromatic N) is 4. The minimum absolute atomic E-state index is 0.0695. The molecule has 1 saturated heterocycles. The van der Waals surface area contributed by atoms with Crippen molar-refractivity contribution in [2.75, 3.05) is 20.9 Å². The molecule has 37 heavy (non-hydrogen) atoms. The number of benzene rings is 2. The summed E-state index contributed by atoms with van der Waals surface area (Å²) in [5.41, 5.74) is 3.93. The van der Waals surface area contributed by atoms with E-state index in [1.165, 1.54) is 35.4 Å². The number of hydrogen-bond acceptors (Lipinski definition) is 6. The molecule has 0 radical (unpaired) electrons. The van der Waals surface area contributed by atoms with E-state index in [-0.39, 0.29) is 16.5 Å². The van der Waals surface area contributed by atoms with E-state index in [1.54, 1.807) is 38.1 Å². The van der Waals surface area contributed by atoms with E-state index in [2.05, 4.69) is 10.3 Å². The molecule has 1 aliphatic rings. The van der Waals surface area contributed by atoms with Crippen LogP contribution in [-0.2, 0) is 11.0 Å². The Kier molecular flexibility index (Phi) is 6.35. The second-order valence-corrected chi connectivity index (χ2v) is 8.97. The second kappa shape index (κ2) is 9.18. The van der Waals surface area contributed by atoms with Gasteiger partial charge in [-0.05, 0) is 68.5 Å². The van der Waals surface area contributed by atoms with Crippen LogP contribution in [0.15, 0.2) is 60.8 Å². The number of nitriles is 1. The molecule has 0 saturated carbocycles. The Morgan fingerprint density at radius 2 is 1.81 bits per heavy atom. The van der Waals surface area contributed by atoms with Crippen molar-refractivity contribution in [1.82, 2.24) is 4.98 Å². The van der Waals surface area contributed by atoms with E-state index >= 15 is 0 Å². The van der Waals surface area contributed by atoms with E-state index in [4.69, 9.17) is 23.2 Å². The third-order valence-corrected chi connectivity index (χ3v) is 6.17. The van der Waals surface area contributed by atoms with Gasteiger partial charge in [-0.25, -0.2) is 4.98 Å².